The van der Waals surface area contributed by atoms with E-state index in [4.69, 9.17) is 47.0 Å². The van der Waals surface area contributed by atoms with Crippen molar-refractivity contribution < 1.29 is 0 Å². The van der Waals surface area contributed by atoms with E-state index in [1.165, 1.54) is 10.9 Å². The minimum Gasteiger partial charge on any atom is -0.250 e. The van der Waals surface area contributed by atoms with Crippen molar-refractivity contribution in [3.8, 4) is 0 Å². The number of nitrogens with one attached hydrogen (secondary N) is 1. The van der Waals surface area contributed by atoms with E-state index in [0.29, 0.717) is 31.2 Å². The van der Waals surface area contributed by atoms with E-state index in [0.717, 1.165) is 0 Å². The number of rotatable bonds is 2. The summed E-state index contributed by atoms with van der Waals surface area (Å²) < 4.78 is 1.85. The summed E-state index contributed by atoms with van der Waals surface area (Å²) in [5, 5.41) is 11.9. The summed E-state index contributed by atoms with van der Waals surface area (Å²) in [5.41, 5.74) is 0.535. The minimum absolute atomic E-state index is 0.348. The Balaban J connectivity index is 2.47. The molecular formula is C10H7Cl3N4S. The molecule has 1 N–H and O–H groups in total. The maximum Gasteiger partial charge on any atom is 0.216 e. The first-order valence-corrected chi connectivity index (χ1v) is 6.37. The SMILES string of the molecule is Cc1n[nH]c(=S)n1N=Cc1c(Cl)ccc(Cl)c1Cl. The first-order valence-electron chi connectivity index (χ1n) is 4.82. The molecule has 0 aliphatic carbocycles. The van der Waals surface area contributed by atoms with E-state index in [9.17, 15) is 0 Å². The molecule has 8 heteroatoms. The number of H-pyrrole nitrogens is 1. The van der Waals surface area contributed by atoms with Gasteiger partial charge in [0.1, 0.15) is 5.82 Å². The predicted octanol–water partition coefficient (Wildman–Crippen LogP) is 4.09. The summed E-state index contributed by atoms with van der Waals surface area (Å²) in [5.74, 6) is 0.630. The van der Waals surface area contributed by atoms with Crippen LogP contribution in [0.1, 0.15) is 11.4 Å². The third-order valence-electron chi connectivity index (χ3n) is 2.19. The Kier molecular flexibility index (Phi) is 4.07. The number of aryl methyl sites for hydroxylation is 1. The maximum atomic E-state index is 6.05. The molecular weight excluding hydrogens is 315 g/mol. The van der Waals surface area contributed by atoms with Gasteiger partial charge < -0.3 is 0 Å². The molecule has 2 aromatic rings. The average Bonchev–Trinajstić information content (AvgIpc) is 2.65. The Morgan fingerprint density at radius 2 is 2.00 bits per heavy atom. The monoisotopic (exact) mass is 320 g/mol. The number of nitrogens with zero attached hydrogens (tertiary/aromatic N) is 3. The average molecular weight is 322 g/mol. The van der Waals surface area contributed by atoms with Gasteiger partial charge in [-0.1, -0.05) is 34.8 Å². The van der Waals surface area contributed by atoms with Gasteiger partial charge in [0.15, 0.2) is 0 Å². The van der Waals surface area contributed by atoms with Crippen LogP contribution in [-0.2, 0) is 0 Å². The highest BCUT2D eigenvalue weighted by molar-refractivity contribution is 7.71. The third-order valence-corrected chi connectivity index (χ3v) is 3.61. The molecule has 0 saturated carbocycles. The van der Waals surface area contributed by atoms with Crippen LogP contribution in [0.15, 0.2) is 17.2 Å². The van der Waals surface area contributed by atoms with Crippen molar-refractivity contribution >= 4 is 53.2 Å². The van der Waals surface area contributed by atoms with Crippen LogP contribution in [0.2, 0.25) is 15.1 Å². The van der Waals surface area contributed by atoms with E-state index in [1.807, 2.05) is 0 Å². The van der Waals surface area contributed by atoms with Crippen molar-refractivity contribution in [3.05, 3.63) is 43.4 Å². The van der Waals surface area contributed by atoms with Crippen molar-refractivity contribution in [3.63, 3.8) is 0 Å². The van der Waals surface area contributed by atoms with Gasteiger partial charge in [-0.2, -0.15) is 14.9 Å². The van der Waals surface area contributed by atoms with Gasteiger partial charge in [0, 0.05) is 5.56 Å². The van der Waals surface area contributed by atoms with Gasteiger partial charge in [0.25, 0.3) is 0 Å². The molecule has 0 fully saturated rings. The highest BCUT2D eigenvalue weighted by atomic mass is 35.5. The van der Waals surface area contributed by atoms with Gasteiger partial charge in [-0.05, 0) is 31.3 Å². The number of aromatic nitrogens is 3. The van der Waals surface area contributed by atoms with Crippen molar-refractivity contribution in [1.82, 2.24) is 14.9 Å². The topological polar surface area (TPSA) is 46.0 Å². The normalized spacial score (nSPS) is 11.3. The Hall–Kier alpha value is -0.880. The molecule has 0 spiro atoms. The summed E-state index contributed by atoms with van der Waals surface area (Å²) in [6.45, 7) is 1.77. The summed E-state index contributed by atoms with van der Waals surface area (Å²) >= 11 is 23.0. The molecule has 0 aliphatic heterocycles. The quantitative estimate of drug-likeness (QED) is 0.514. The molecule has 18 heavy (non-hydrogen) atoms. The van der Waals surface area contributed by atoms with E-state index < -0.39 is 0 Å². The van der Waals surface area contributed by atoms with Crippen LogP contribution in [0, 0.1) is 11.7 Å². The lowest BCUT2D eigenvalue weighted by Crippen LogP contribution is -1.95. The highest BCUT2D eigenvalue weighted by Crippen LogP contribution is 2.30. The molecule has 0 atom stereocenters. The fourth-order valence-corrected chi connectivity index (χ4v) is 2.14. The van der Waals surface area contributed by atoms with Crippen LogP contribution < -0.4 is 0 Å². The van der Waals surface area contributed by atoms with Gasteiger partial charge >= 0.3 is 0 Å². The standard InChI is InChI=1S/C10H7Cl3N4S/c1-5-15-16-10(18)17(5)14-4-6-7(11)2-3-8(12)9(6)13/h2-4H,1H3,(H,16,18). The van der Waals surface area contributed by atoms with Crippen molar-refractivity contribution in [2.24, 2.45) is 5.10 Å². The molecule has 2 rings (SSSR count). The lowest BCUT2D eigenvalue weighted by atomic mass is 10.2. The second kappa shape index (κ2) is 5.40. The van der Waals surface area contributed by atoms with Crippen molar-refractivity contribution in [2.75, 3.05) is 0 Å². The molecule has 0 amide bonds. The van der Waals surface area contributed by atoms with E-state index in [1.54, 1.807) is 19.1 Å². The molecule has 94 valence electrons. The molecule has 0 unspecified atom stereocenters. The van der Waals surface area contributed by atoms with Crippen LogP contribution in [0.25, 0.3) is 0 Å². The first kappa shape index (κ1) is 13.5. The fraction of sp³-hybridized carbons (Fsp3) is 0.100. The maximum absolute atomic E-state index is 6.05. The molecule has 0 radical (unpaired) electrons. The van der Waals surface area contributed by atoms with Gasteiger partial charge in [0.2, 0.25) is 4.77 Å². The summed E-state index contributed by atoms with van der Waals surface area (Å²) in [4.78, 5) is 0. The molecule has 1 heterocycles. The fourth-order valence-electron chi connectivity index (χ4n) is 1.28. The Labute approximate surface area is 123 Å². The van der Waals surface area contributed by atoms with E-state index in [2.05, 4.69) is 15.3 Å². The van der Waals surface area contributed by atoms with Crippen molar-refractivity contribution in [1.29, 1.82) is 0 Å². The second-order valence-electron chi connectivity index (χ2n) is 3.39. The largest absolute Gasteiger partial charge is 0.250 e. The third kappa shape index (κ3) is 2.59. The van der Waals surface area contributed by atoms with Crippen LogP contribution in [0.4, 0.5) is 0 Å². The summed E-state index contributed by atoms with van der Waals surface area (Å²) in [7, 11) is 0. The summed E-state index contributed by atoms with van der Waals surface area (Å²) in [6, 6.07) is 3.27. The van der Waals surface area contributed by atoms with E-state index in [-0.39, 0.29) is 0 Å². The molecule has 0 aliphatic rings. The second-order valence-corrected chi connectivity index (χ2v) is 4.97. The van der Waals surface area contributed by atoms with Gasteiger partial charge in [-0.3, -0.25) is 5.10 Å². The van der Waals surface area contributed by atoms with Gasteiger partial charge in [-0.25, -0.2) is 0 Å². The highest BCUT2D eigenvalue weighted by Gasteiger charge is 2.08. The van der Waals surface area contributed by atoms with Crippen LogP contribution >= 0.6 is 47.0 Å². The molecule has 4 nitrogen and oxygen atoms in total. The van der Waals surface area contributed by atoms with E-state index >= 15 is 0 Å². The predicted molar refractivity (Wildman–Crippen MR) is 76.6 cm³/mol. The number of aromatic amines is 1. The Morgan fingerprint density at radius 1 is 1.33 bits per heavy atom. The van der Waals surface area contributed by atoms with Crippen LogP contribution in [0.3, 0.4) is 0 Å². The van der Waals surface area contributed by atoms with Crippen LogP contribution in [-0.4, -0.2) is 21.1 Å². The number of hydrogen-bond donors (Lipinski definition) is 1. The first-order chi connectivity index (χ1) is 8.50. The zero-order chi connectivity index (χ0) is 13.3. The Bertz CT molecular complexity index is 674. The number of halogens is 3. The molecule has 1 aromatic carbocycles. The van der Waals surface area contributed by atoms with Crippen molar-refractivity contribution in [2.45, 2.75) is 6.92 Å². The zero-order valence-electron chi connectivity index (χ0n) is 9.12. The van der Waals surface area contributed by atoms with Gasteiger partial charge in [0.05, 0.1) is 21.3 Å². The smallest absolute Gasteiger partial charge is 0.216 e. The zero-order valence-corrected chi connectivity index (χ0v) is 12.2. The Morgan fingerprint density at radius 3 is 2.61 bits per heavy atom. The molecule has 1 aromatic heterocycles. The molecule has 0 saturated heterocycles. The number of hydrogen-bond acceptors (Lipinski definition) is 3. The lowest BCUT2D eigenvalue weighted by Gasteiger charge is -2.03. The van der Waals surface area contributed by atoms with Crippen LogP contribution in [0.5, 0.6) is 0 Å². The summed E-state index contributed by atoms with van der Waals surface area (Å²) in [6.07, 6.45) is 1.49. The van der Waals surface area contributed by atoms with Gasteiger partial charge in [-0.15, -0.1) is 0 Å². The number of benzene rings is 1. The lowest BCUT2D eigenvalue weighted by molar-refractivity contribution is 0.821. The minimum atomic E-state index is 0.348. The molecule has 0 bridgehead atoms.